The highest BCUT2D eigenvalue weighted by atomic mass is 127. The molecular weight excluding hydrogens is 534 g/mol. The first kappa shape index (κ1) is 27.2. The number of hydrogen-bond acceptors (Lipinski definition) is 3. The standard InChI is InChI=1S/C23H34F3N3O2.HI/c1-27-21(29(2)11-6-18-7-12-30-13-8-18)28-17-22(9-14-31-15-10-22)19-4-3-5-20(16-19)23(24,25)26;/h3-5,16,18H,6-15,17H2,1-2H3,(H,27,28);1H. The highest BCUT2D eigenvalue weighted by Crippen LogP contribution is 2.37. The third kappa shape index (κ3) is 7.21. The van der Waals surface area contributed by atoms with Crippen LogP contribution in [0.4, 0.5) is 13.2 Å². The lowest BCUT2D eigenvalue weighted by atomic mass is 9.73. The number of rotatable bonds is 6. The van der Waals surface area contributed by atoms with E-state index in [1.54, 1.807) is 13.1 Å². The molecule has 0 bridgehead atoms. The van der Waals surface area contributed by atoms with E-state index in [1.807, 2.05) is 7.05 Å². The summed E-state index contributed by atoms with van der Waals surface area (Å²) < 4.78 is 50.9. The Morgan fingerprint density at radius 3 is 2.44 bits per heavy atom. The first-order valence-electron chi connectivity index (χ1n) is 11.1. The van der Waals surface area contributed by atoms with Gasteiger partial charge in [0.1, 0.15) is 0 Å². The van der Waals surface area contributed by atoms with Gasteiger partial charge in [-0.25, -0.2) is 0 Å². The van der Waals surface area contributed by atoms with Crippen molar-refractivity contribution < 1.29 is 22.6 Å². The van der Waals surface area contributed by atoms with E-state index in [4.69, 9.17) is 9.47 Å². The fourth-order valence-electron chi connectivity index (χ4n) is 4.51. The molecule has 0 aromatic heterocycles. The van der Waals surface area contributed by atoms with Crippen molar-refractivity contribution in [1.82, 2.24) is 10.2 Å². The zero-order valence-electron chi connectivity index (χ0n) is 18.9. The van der Waals surface area contributed by atoms with Crippen LogP contribution in [0, 0.1) is 5.92 Å². The number of alkyl halides is 3. The van der Waals surface area contributed by atoms with E-state index in [0.29, 0.717) is 44.1 Å². The largest absolute Gasteiger partial charge is 0.416 e. The Hall–Kier alpha value is -1.07. The Labute approximate surface area is 206 Å². The van der Waals surface area contributed by atoms with E-state index >= 15 is 0 Å². The van der Waals surface area contributed by atoms with Crippen molar-refractivity contribution in [3.63, 3.8) is 0 Å². The second-order valence-corrected chi connectivity index (χ2v) is 8.64. The minimum atomic E-state index is -4.35. The summed E-state index contributed by atoms with van der Waals surface area (Å²) in [4.78, 5) is 6.52. The number of benzene rings is 1. The third-order valence-corrected chi connectivity index (χ3v) is 6.62. The van der Waals surface area contributed by atoms with E-state index < -0.39 is 17.2 Å². The lowest BCUT2D eigenvalue weighted by molar-refractivity contribution is -0.137. The van der Waals surface area contributed by atoms with Crippen LogP contribution in [0.25, 0.3) is 0 Å². The van der Waals surface area contributed by atoms with Gasteiger partial charge in [0.15, 0.2) is 5.96 Å². The smallest absolute Gasteiger partial charge is 0.381 e. The van der Waals surface area contributed by atoms with Crippen LogP contribution in [0.2, 0.25) is 0 Å². The van der Waals surface area contributed by atoms with E-state index in [2.05, 4.69) is 15.2 Å². The molecule has 9 heteroatoms. The van der Waals surface area contributed by atoms with Gasteiger partial charge < -0.3 is 19.7 Å². The van der Waals surface area contributed by atoms with Gasteiger partial charge in [0, 0.05) is 59.0 Å². The second-order valence-electron chi connectivity index (χ2n) is 8.64. The molecule has 1 aromatic rings. The third-order valence-electron chi connectivity index (χ3n) is 6.62. The van der Waals surface area contributed by atoms with E-state index in [0.717, 1.165) is 51.0 Å². The van der Waals surface area contributed by atoms with Crippen LogP contribution < -0.4 is 5.32 Å². The Morgan fingerprint density at radius 2 is 1.81 bits per heavy atom. The highest BCUT2D eigenvalue weighted by Gasteiger charge is 2.37. The molecule has 182 valence electrons. The van der Waals surface area contributed by atoms with E-state index in [-0.39, 0.29) is 24.0 Å². The molecule has 2 saturated heterocycles. The van der Waals surface area contributed by atoms with Gasteiger partial charge in [-0.05, 0) is 49.7 Å². The average Bonchev–Trinajstić information content (AvgIpc) is 2.79. The van der Waals surface area contributed by atoms with Gasteiger partial charge in [-0.1, -0.05) is 18.2 Å². The molecule has 0 saturated carbocycles. The molecule has 2 aliphatic rings. The molecule has 0 amide bonds. The SMILES string of the molecule is CN=C(NCC1(c2cccc(C(F)(F)F)c2)CCOCC1)N(C)CCC1CCOCC1.I. The molecule has 0 unspecified atom stereocenters. The monoisotopic (exact) mass is 569 g/mol. The number of nitrogens with zero attached hydrogens (tertiary/aromatic N) is 2. The lowest BCUT2D eigenvalue weighted by Gasteiger charge is -2.39. The van der Waals surface area contributed by atoms with Crippen LogP contribution in [-0.2, 0) is 21.1 Å². The van der Waals surface area contributed by atoms with Crippen LogP contribution in [0.15, 0.2) is 29.3 Å². The second kappa shape index (κ2) is 12.4. The Kier molecular flexibility index (Phi) is 10.5. The number of halogens is 4. The van der Waals surface area contributed by atoms with Crippen LogP contribution >= 0.6 is 24.0 Å². The number of hydrogen-bond donors (Lipinski definition) is 1. The van der Waals surface area contributed by atoms with Gasteiger partial charge in [0.2, 0.25) is 0 Å². The maximum Gasteiger partial charge on any atom is 0.416 e. The summed E-state index contributed by atoms with van der Waals surface area (Å²) in [7, 11) is 3.75. The first-order valence-corrected chi connectivity index (χ1v) is 11.1. The minimum absolute atomic E-state index is 0. The van der Waals surface area contributed by atoms with Crippen LogP contribution in [0.5, 0.6) is 0 Å². The van der Waals surface area contributed by atoms with Gasteiger partial charge in [0.25, 0.3) is 0 Å². The van der Waals surface area contributed by atoms with Crippen LogP contribution in [0.3, 0.4) is 0 Å². The van der Waals surface area contributed by atoms with Gasteiger partial charge in [-0.3, -0.25) is 4.99 Å². The fourth-order valence-corrected chi connectivity index (χ4v) is 4.51. The van der Waals surface area contributed by atoms with Crippen molar-refractivity contribution in [2.75, 3.05) is 53.6 Å². The summed E-state index contributed by atoms with van der Waals surface area (Å²) in [6.07, 6.45) is 0.259. The van der Waals surface area contributed by atoms with Gasteiger partial charge in [0.05, 0.1) is 5.56 Å². The predicted octanol–water partition coefficient (Wildman–Crippen LogP) is 4.70. The zero-order valence-corrected chi connectivity index (χ0v) is 21.2. The molecule has 2 aliphatic heterocycles. The highest BCUT2D eigenvalue weighted by molar-refractivity contribution is 14.0. The van der Waals surface area contributed by atoms with Crippen molar-refractivity contribution in [3.8, 4) is 0 Å². The summed E-state index contributed by atoms with van der Waals surface area (Å²) in [6.45, 7) is 4.15. The summed E-state index contributed by atoms with van der Waals surface area (Å²) in [5.41, 5.74) is -0.316. The summed E-state index contributed by atoms with van der Waals surface area (Å²) in [5, 5.41) is 3.44. The maximum absolute atomic E-state index is 13.3. The van der Waals surface area contributed by atoms with Crippen LogP contribution in [0.1, 0.15) is 43.2 Å². The predicted molar refractivity (Wildman–Crippen MR) is 131 cm³/mol. The summed E-state index contributed by atoms with van der Waals surface area (Å²) in [5.74, 6) is 1.44. The molecule has 2 heterocycles. The molecule has 5 nitrogen and oxygen atoms in total. The first-order chi connectivity index (χ1) is 14.8. The molecular formula is C23H35F3IN3O2. The van der Waals surface area contributed by atoms with E-state index in [1.165, 1.54) is 12.1 Å². The van der Waals surface area contributed by atoms with Crippen molar-refractivity contribution in [1.29, 1.82) is 0 Å². The Morgan fingerprint density at radius 1 is 1.16 bits per heavy atom. The normalized spacial score (nSPS) is 19.8. The number of guanidine groups is 1. The number of nitrogens with one attached hydrogen (secondary N) is 1. The van der Waals surface area contributed by atoms with Crippen molar-refractivity contribution in [3.05, 3.63) is 35.4 Å². The van der Waals surface area contributed by atoms with Crippen molar-refractivity contribution in [2.45, 2.75) is 43.7 Å². The summed E-state index contributed by atoms with van der Waals surface area (Å²) in [6, 6.07) is 5.74. The topological polar surface area (TPSA) is 46.1 Å². The van der Waals surface area contributed by atoms with Gasteiger partial charge in [-0.15, -0.1) is 24.0 Å². The molecule has 1 aromatic carbocycles. The summed E-state index contributed by atoms with van der Waals surface area (Å²) >= 11 is 0. The quantitative estimate of drug-likeness (QED) is 0.307. The van der Waals surface area contributed by atoms with Gasteiger partial charge in [-0.2, -0.15) is 13.2 Å². The van der Waals surface area contributed by atoms with Crippen LogP contribution in [-0.4, -0.2) is 64.5 Å². The molecule has 1 N–H and O–H groups in total. The lowest BCUT2D eigenvalue weighted by Crippen LogP contribution is -2.48. The van der Waals surface area contributed by atoms with E-state index in [9.17, 15) is 13.2 Å². The number of ether oxygens (including phenoxy) is 2. The van der Waals surface area contributed by atoms with Gasteiger partial charge >= 0.3 is 6.18 Å². The molecule has 32 heavy (non-hydrogen) atoms. The van der Waals surface area contributed by atoms with Crippen molar-refractivity contribution in [2.24, 2.45) is 10.9 Å². The Balaban J connectivity index is 0.00000363. The molecule has 2 fully saturated rings. The molecule has 3 rings (SSSR count). The Bertz CT molecular complexity index is 733. The molecule has 0 atom stereocenters. The maximum atomic E-state index is 13.3. The zero-order chi connectivity index (χ0) is 22.3. The fraction of sp³-hybridized carbons (Fsp3) is 0.696. The number of aliphatic imine (C=N–C) groups is 1. The average molecular weight is 569 g/mol. The van der Waals surface area contributed by atoms with Crippen molar-refractivity contribution >= 4 is 29.9 Å². The molecule has 0 spiro atoms. The molecule has 0 aliphatic carbocycles. The molecule has 0 radical (unpaired) electrons. The minimum Gasteiger partial charge on any atom is -0.381 e.